The number of benzene rings is 1. The van der Waals surface area contributed by atoms with Crippen LogP contribution < -0.4 is 4.74 Å². The Morgan fingerprint density at radius 2 is 1.84 bits per heavy atom. The molecule has 0 aromatic heterocycles. The van der Waals surface area contributed by atoms with Crippen molar-refractivity contribution in [3.8, 4) is 5.75 Å². The molecule has 3 nitrogen and oxygen atoms in total. The zero-order chi connectivity index (χ0) is 22.5. The monoisotopic (exact) mass is 430 g/mol. The fourth-order valence-corrected chi connectivity index (χ4v) is 7.67. The average Bonchev–Trinajstić information content (AvgIpc) is 3.15. The lowest BCUT2D eigenvalue weighted by molar-refractivity contribution is -0.124. The van der Waals surface area contributed by atoms with Crippen molar-refractivity contribution in [1.29, 1.82) is 0 Å². The lowest BCUT2D eigenvalue weighted by atomic mass is 9.47. The lowest BCUT2D eigenvalue weighted by Gasteiger charge is -2.56. The number of rotatable bonds is 4. The molecule has 0 radical (unpaired) electrons. The van der Waals surface area contributed by atoms with Gasteiger partial charge in [-0.05, 0) is 97.6 Å². The van der Waals surface area contributed by atoms with Gasteiger partial charge in [0.05, 0.1) is 7.11 Å². The van der Waals surface area contributed by atoms with Crippen LogP contribution in [0.1, 0.15) is 57.9 Å². The minimum Gasteiger partial charge on any atom is -0.497 e. The third-order valence-corrected chi connectivity index (χ3v) is 9.46. The van der Waals surface area contributed by atoms with Gasteiger partial charge in [-0.1, -0.05) is 43.7 Å². The summed E-state index contributed by atoms with van der Waals surface area (Å²) in [6.07, 6.45) is 16.2. The fourth-order valence-electron chi connectivity index (χ4n) is 7.67. The van der Waals surface area contributed by atoms with Gasteiger partial charge in [0.1, 0.15) is 5.75 Å². The van der Waals surface area contributed by atoms with E-state index in [1.807, 2.05) is 42.5 Å². The van der Waals surface area contributed by atoms with Crippen LogP contribution in [0.3, 0.4) is 0 Å². The van der Waals surface area contributed by atoms with Gasteiger partial charge in [0.2, 0.25) is 0 Å². The third kappa shape index (κ3) is 3.32. The van der Waals surface area contributed by atoms with Crippen LogP contribution in [-0.4, -0.2) is 18.7 Å². The van der Waals surface area contributed by atoms with Crippen molar-refractivity contribution in [3.05, 3.63) is 59.7 Å². The van der Waals surface area contributed by atoms with Gasteiger partial charge in [-0.15, -0.1) is 0 Å². The van der Waals surface area contributed by atoms with Crippen LogP contribution in [0.2, 0.25) is 0 Å². The molecule has 0 aliphatic heterocycles. The Morgan fingerprint density at radius 1 is 1.06 bits per heavy atom. The topological polar surface area (TPSA) is 43.4 Å². The van der Waals surface area contributed by atoms with Gasteiger partial charge >= 0.3 is 0 Å². The fraction of sp³-hybridized carbons (Fsp3) is 0.517. The summed E-state index contributed by atoms with van der Waals surface area (Å²) in [4.78, 5) is 25.3. The second kappa shape index (κ2) is 7.86. The molecule has 168 valence electrons. The smallest absolute Gasteiger partial charge is 0.178 e. The SMILES string of the molecule is COc1ccc(/C=C/C(=O)[C@H]2CC[C@H]3[C@@H]4CCC5=CC(=O)C=C[C@]5(C)[C@H]4CC[C@]23C)cc1. The summed E-state index contributed by atoms with van der Waals surface area (Å²) in [5, 5.41) is 0. The van der Waals surface area contributed by atoms with Crippen molar-refractivity contribution in [2.45, 2.75) is 52.4 Å². The number of carbonyl (C=O) groups is 2. The number of ketones is 2. The Labute approximate surface area is 191 Å². The van der Waals surface area contributed by atoms with Crippen molar-refractivity contribution in [2.24, 2.45) is 34.5 Å². The summed E-state index contributed by atoms with van der Waals surface area (Å²) >= 11 is 0. The van der Waals surface area contributed by atoms with E-state index in [0.29, 0.717) is 17.8 Å². The zero-order valence-corrected chi connectivity index (χ0v) is 19.5. The maximum absolute atomic E-state index is 13.3. The maximum Gasteiger partial charge on any atom is 0.178 e. The number of methoxy groups -OCH3 is 1. The Hall–Kier alpha value is -2.42. The quantitative estimate of drug-likeness (QED) is 0.534. The normalized spacial score (nSPS) is 38.1. The van der Waals surface area contributed by atoms with E-state index in [-0.39, 0.29) is 28.3 Å². The number of allylic oxidation sites excluding steroid dienone is 5. The highest BCUT2D eigenvalue weighted by Gasteiger charge is 2.59. The van der Waals surface area contributed by atoms with E-state index in [2.05, 4.69) is 19.9 Å². The number of fused-ring (bicyclic) bond motifs is 5. The van der Waals surface area contributed by atoms with Crippen LogP contribution in [0, 0.1) is 34.5 Å². The molecule has 5 rings (SSSR count). The molecule has 6 atom stereocenters. The molecular formula is C29H34O3. The molecule has 0 N–H and O–H groups in total. The summed E-state index contributed by atoms with van der Waals surface area (Å²) < 4.78 is 5.22. The van der Waals surface area contributed by atoms with Crippen LogP contribution in [0.15, 0.2) is 54.1 Å². The van der Waals surface area contributed by atoms with Crippen LogP contribution >= 0.6 is 0 Å². The summed E-state index contributed by atoms with van der Waals surface area (Å²) in [7, 11) is 1.66. The molecule has 4 aliphatic carbocycles. The van der Waals surface area contributed by atoms with Crippen LogP contribution in [0.25, 0.3) is 6.08 Å². The second-order valence-corrected chi connectivity index (χ2v) is 10.8. The number of ether oxygens (including phenoxy) is 1. The number of carbonyl (C=O) groups excluding carboxylic acids is 2. The summed E-state index contributed by atoms with van der Waals surface area (Å²) in [6.45, 7) is 4.73. The molecule has 4 aliphatic rings. The molecule has 0 unspecified atom stereocenters. The highest BCUT2D eigenvalue weighted by atomic mass is 16.5. The molecule has 0 amide bonds. The van der Waals surface area contributed by atoms with Gasteiger partial charge < -0.3 is 4.74 Å². The van der Waals surface area contributed by atoms with E-state index >= 15 is 0 Å². The molecule has 1 aromatic rings. The minimum absolute atomic E-state index is 0.0223. The Morgan fingerprint density at radius 3 is 2.59 bits per heavy atom. The first kappa shape index (κ1) is 21.4. The first-order valence-electron chi connectivity index (χ1n) is 12.2. The van der Waals surface area contributed by atoms with Crippen molar-refractivity contribution in [3.63, 3.8) is 0 Å². The number of hydrogen-bond donors (Lipinski definition) is 0. The van der Waals surface area contributed by atoms with Crippen LogP contribution in [-0.2, 0) is 9.59 Å². The first-order valence-corrected chi connectivity index (χ1v) is 12.2. The zero-order valence-electron chi connectivity index (χ0n) is 19.5. The van der Waals surface area contributed by atoms with E-state index in [4.69, 9.17) is 4.74 Å². The standard InChI is InChI=1S/C29H34O3/c1-28-16-14-21(30)18-20(28)7-10-23-24-11-12-26(29(24,2)17-15-25(23)28)27(31)13-6-19-4-8-22(32-3)9-5-19/h4-6,8-9,13-14,16,18,23-26H,7,10-12,15,17H2,1-3H3/b13-6+/t23-,24-,25-,26+,28-,29-/m0/s1. The minimum atomic E-state index is 0.0223. The maximum atomic E-state index is 13.3. The van der Waals surface area contributed by atoms with Crippen molar-refractivity contribution >= 4 is 17.6 Å². The molecule has 0 saturated heterocycles. The van der Waals surface area contributed by atoms with E-state index in [1.54, 1.807) is 13.2 Å². The van der Waals surface area contributed by atoms with E-state index in [9.17, 15) is 9.59 Å². The average molecular weight is 431 g/mol. The lowest BCUT2D eigenvalue weighted by Crippen LogP contribution is -2.50. The Bertz CT molecular complexity index is 1010. The van der Waals surface area contributed by atoms with Crippen molar-refractivity contribution < 1.29 is 14.3 Å². The second-order valence-electron chi connectivity index (χ2n) is 10.8. The summed E-state index contributed by atoms with van der Waals surface area (Å²) in [5.41, 5.74) is 2.48. The predicted molar refractivity (Wildman–Crippen MR) is 127 cm³/mol. The molecule has 32 heavy (non-hydrogen) atoms. The molecule has 3 heteroatoms. The molecule has 0 bridgehead atoms. The third-order valence-electron chi connectivity index (χ3n) is 9.46. The highest BCUT2D eigenvalue weighted by Crippen LogP contribution is 2.66. The summed E-state index contributed by atoms with van der Waals surface area (Å²) in [6, 6.07) is 7.84. The van der Waals surface area contributed by atoms with E-state index in [0.717, 1.165) is 49.8 Å². The van der Waals surface area contributed by atoms with Gasteiger partial charge in [0, 0.05) is 11.3 Å². The van der Waals surface area contributed by atoms with Gasteiger partial charge in [-0.25, -0.2) is 0 Å². The van der Waals surface area contributed by atoms with E-state index in [1.165, 1.54) is 5.57 Å². The van der Waals surface area contributed by atoms with Gasteiger partial charge in [0.25, 0.3) is 0 Å². The van der Waals surface area contributed by atoms with Gasteiger partial charge in [-0.2, -0.15) is 0 Å². The number of hydrogen-bond acceptors (Lipinski definition) is 3. The Kier molecular flexibility index (Phi) is 5.27. The highest BCUT2D eigenvalue weighted by molar-refractivity contribution is 6.01. The van der Waals surface area contributed by atoms with Crippen LogP contribution in [0.5, 0.6) is 5.75 Å². The molecule has 3 saturated carbocycles. The largest absolute Gasteiger partial charge is 0.497 e. The van der Waals surface area contributed by atoms with Gasteiger partial charge in [-0.3, -0.25) is 9.59 Å². The molecule has 0 heterocycles. The van der Waals surface area contributed by atoms with Crippen LogP contribution in [0.4, 0.5) is 0 Å². The van der Waals surface area contributed by atoms with Gasteiger partial charge in [0.15, 0.2) is 11.6 Å². The Balaban J connectivity index is 1.34. The first-order chi connectivity index (χ1) is 15.3. The molecular weight excluding hydrogens is 396 g/mol. The van der Waals surface area contributed by atoms with Crippen molar-refractivity contribution in [2.75, 3.05) is 7.11 Å². The van der Waals surface area contributed by atoms with Crippen molar-refractivity contribution in [1.82, 2.24) is 0 Å². The predicted octanol–water partition coefficient (Wildman–Crippen LogP) is 6.20. The molecule has 1 aromatic carbocycles. The van der Waals surface area contributed by atoms with E-state index < -0.39 is 0 Å². The summed E-state index contributed by atoms with van der Waals surface area (Å²) in [5.74, 6) is 3.23. The molecule has 3 fully saturated rings. The molecule has 0 spiro atoms.